The van der Waals surface area contributed by atoms with E-state index in [9.17, 15) is 4.79 Å². The normalized spacial score (nSPS) is 10.6. The van der Waals surface area contributed by atoms with Gasteiger partial charge in [-0.05, 0) is 24.3 Å². The van der Waals surface area contributed by atoms with Crippen molar-refractivity contribution in [1.82, 2.24) is 9.97 Å². The first-order valence-electron chi connectivity index (χ1n) is 5.06. The van der Waals surface area contributed by atoms with Crippen LogP contribution in [0.25, 0.3) is 12.2 Å². The maximum atomic E-state index is 10.8. The second-order valence-electron chi connectivity index (χ2n) is 3.34. The first-order valence-corrected chi connectivity index (χ1v) is 5.88. The molecule has 17 heavy (non-hydrogen) atoms. The maximum absolute atomic E-state index is 10.8. The molecule has 1 amide bonds. The second kappa shape index (κ2) is 5.36. The quantitative estimate of drug-likeness (QED) is 0.904. The van der Waals surface area contributed by atoms with Crippen molar-refractivity contribution in [3.8, 4) is 0 Å². The number of rotatable bonds is 3. The van der Waals surface area contributed by atoms with Gasteiger partial charge in [-0.25, -0.2) is 4.98 Å². The van der Waals surface area contributed by atoms with Gasteiger partial charge >= 0.3 is 0 Å². The third kappa shape index (κ3) is 3.49. The van der Waals surface area contributed by atoms with Crippen molar-refractivity contribution in [2.75, 3.05) is 5.32 Å². The molecule has 2 aromatic rings. The van der Waals surface area contributed by atoms with E-state index in [1.807, 2.05) is 30.4 Å². The highest BCUT2D eigenvalue weighted by molar-refractivity contribution is 7.16. The molecule has 2 heterocycles. The molecule has 0 radical (unpaired) electrons. The molecular formula is C12H11N3OS. The zero-order chi connectivity index (χ0) is 12.1. The summed E-state index contributed by atoms with van der Waals surface area (Å²) in [5.74, 6) is -0.111. The van der Waals surface area contributed by atoms with Crippen LogP contribution in [0.15, 0.2) is 30.6 Å². The van der Waals surface area contributed by atoms with Crippen molar-refractivity contribution in [1.29, 1.82) is 0 Å². The maximum Gasteiger partial charge on any atom is 0.223 e. The summed E-state index contributed by atoms with van der Waals surface area (Å²) in [6.07, 6.45) is 7.29. The predicted octanol–water partition coefficient (Wildman–Crippen LogP) is 2.67. The van der Waals surface area contributed by atoms with Gasteiger partial charge in [0.2, 0.25) is 5.91 Å². The Hall–Kier alpha value is -2.01. The fourth-order valence-corrected chi connectivity index (χ4v) is 1.98. The molecule has 0 atom stereocenters. The lowest BCUT2D eigenvalue weighted by Gasteiger charge is -1.92. The Morgan fingerprint density at radius 2 is 2.24 bits per heavy atom. The molecule has 0 unspecified atom stereocenters. The average molecular weight is 245 g/mol. The first kappa shape index (κ1) is 11.5. The van der Waals surface area contributed by atoms with E-state index in [0.717, 1.165) is 10.6 Å². The van der Waals surface area contributed by atoms with Crippen LogP contribution in [0.3, 0.4) is 0 Å². The van der Waals surface area contributed by atoms with Crippen LogP contribution < -0.4 is 5.32 Å². The van der Waals surface area contributed by atoms with E-state index in [1.54, 1.807) is 12.4 Å². The Labute approximate surface area is 103 Å². The molecular weight excluding hydrogens is 234 g/mol. The van der Waals surface area contributed by atoms with Crippen molar-refractivity contribution >= 4 is 34.5 Å². The Balaban J connectivity index is 2.06. The number of hydrogen-bond donors (Lipinski definition) is 1. The summed E-state index contributed by atoms with van der Waals surface area (Å²) in [5.41, 5.74) is 0.891. The standard InChI is InChI=1S/C12H11N3OS/c1-9(16)15-12-14-8-11(17-12)6-5-10-4-2-3-7-13-10/h2-8H,1H3,(H,14,15,16)/b6-5+. The number of pyridine rings is 1. The Morgan fingerprint density at radius 3 is 2.94 bits per heavy atom. The van der Waals surface area contributed by atoms with E-state index in [2.05, 4.69) is 15.3 Å². The van der Waals surface area contributed by atoms with Gasteiger partial charge in [0.05, 0.1) is 5.69 Å². The molecule has 0 fully saturated rings. The van der Waals surface area contributed by atoms with Gasteiger partial charge in [0.15, 0.2) is 5.13 Å². The third-order valence-corrected chi connectivity index (χ3v) is 2.79. The van der Waals surface area contributed by atoms with E-state index in [4.69, 9.17) is 0 Å². The molecule has 2 rings (SSSR count). The van der Waals surface area contributed by atoms with E-state index >= 15 is 0 Å². The van der Waals surface area contributed by atoms with E-state index in [1.165, 1.54) is 18.3 Å². The molecule has 5 heteroatoms. The Bertz CT molecular complexity index is 534. The van der Waals surface area contributed by atoms with Gasteiger partial charge in [0, 0.05) is 24.2 Å². The van der Waals surface area contributed by atoms with E-state index < -0.39 is 0 Å². The van der Waals surface area contributed by atoms with Crippen LogP contribution in [0.2, 0.25) is 0 Å². The second-order valence-corrected chi connectivity index (χ2v) is 4.40. The van der Waals surface area contributed by atoms with Crippen molar-refractivity contribution < 1.29 is 4.79 Å². The summed E-state index contributed by atoms with van der Waals surface area (Å²) < 4.78 is 0. The Morgan fingerprint density at radius 1 is 1.35 bits per heavy atom. The van der Waals surface area contributed by atoms with Crippen LogP contribution in [0, 0.1) is 0 Å². The molecule has 0 bridgehead atoms. The fraction of sp³-hybridized carbons (Fsp3) is 0.0833. The summed E-state index contributed by atoms with van der Waals surface area (Å²) >= 11 is 1.42. The number of amides is 1. The van der Waals surface area contributed by atoms with E-state index in [-0.39, 0.29) is 5.91 Å². The lowest BCUT2D eigenvalue weighted by atomic mass is 10.3. The summed E-state index contributed by atoms with van der Waals surface area (Å²) in [7, 11) is 0. The van der Waals surface area contributed by atoms with Gasteiger partial charge in [-0.2, -0.15) is 0 Å². The smallest absolute Gasteiger partial charge is 0.223 e. The number of carbonyl (C=O) groups is 1. The summed E-state index contributed by atoms with van der Waals surface area (Å²) in [6.45, 7) is 1.46. The van der Waals surface area contributed by atoms with Crippen LogP contribution in [0.4, 0.5) is 5.13 Å². The molecule has 0 aliphatic heterocycles. The summed E-state index contributed by atoms with van der Waals surface area (Å²) in [6, 6.07) is 5.73. The number of hydrogen-bond acceptors (Lipinski definition) is 4. The highest BCUT2D eigenvalue weighted by Gasteiger charge is 2.00. The predicted molar refractivity (Wildman–Crippen MR) is 69.6 cm³/mol. The van der Waals surface area contributed by atoms with Crippen molar-refractivity contribution in [3.05, 3.63) is 41.2 Å². The molecule has 1 N–H and O–H groups in total. The highest BCUT2D eigenvalue weighted by Crippen LogP contribution is 2.19. The number of aromatic nitrogens is 2. The topological polar surface area (TPSA) is 54.9 Å². The molecule has 86 valence electrons. The highest BCUT2D eigenvalue weighted by atomic mass is 32.1. The first-order chi connectivity index (χ1) is 8.24. The van der Waals surface area contributed by atoms with Crippen LogP contribution >= 0.6 is 11.3 Å². The minimum atomic E-state index is -0.111. The van der Waals surface area contributed by atoms with Gasteiger partial charge in [-0.15, -0.1) is 0 Å². The zero-order valence-electron chi connectivity index (χ0n) is 9.25. The number of nitrogens with one attached hydrogen (secondary N) is 1. The molecule has 0 aliphatic carbocycles. The number of anilines is 1. The lowest BCUT2D eigenvalue weighted by molar-refractivity contribution is -0.114. The molecule has 0 aliphatic rings. The van der Waals surface area contributed by atoms with Crippen LogP contribution in [-0.4, -0.2) is 15.9 Å². The van der Waals surface area contributed by atoms with Crippen LogP contribution in [-0.2, 0) is 4.79 Å². The van der Waals surface area contributed by atoms with Gasteiger partial charge in [-0.3, -0.25) is 9.78 Å². The summed E-state index contributed by atoms with van der Waals surface area (Å²) in [5, 5.41) is 3.25. The fourth-order valence-electron chi connectivity index (χ4n) is 1.21. The average Bonchev–Trinajstić information content (AvgIpc) is 2.75. The van der Waals surface area contributed by atoms with Gasteiger partial charge in [-0.1, -0.05) is 17.4 Å². The monoisotopic (exact) mass is 245 g/mol. The number of carbonyl (C=O) groups excluding carboxylic acids is 1. The molecule has 4 nitrogen and oxygen atoms in total. The minimum Gasteiger partial charge on any atom is -0.302 e. The minimum absolute atomic E-state index is 0.111. The molecule has 0 saturated heterocycles. The SMILES string of the molecule is CC(=O)Nc1ncc(/C=C/c2ccccn2)s1. The van der Waals surface area contributed by atoms with Crippen LogP contribution in [0.1, 0.15) is 17.5 Å². The molecule has 0 aromatic carbocycles. The van der Waals surface area contributed by atoms with Gasteiger partial charge < -0.3 is 5.32 Å². The Kier molecular flexibility index (Phi) is 3.62. The zero-order valence-corrected chi connectivity index (χ0v) is 10.1. The van der Waals surface area contributed by atoms with Gasteiger partial charge in [0.1, 0.15) is 0 Å². The third-order valence-electron chi connectivity index (χ3n) is 1.91. The number of nitrogens with zero attached hydrogens (tertiary/aromatic N) is 2. The lowest BCUT2D eigenvalue weighted by Crippen LogP contribution is -2.04. The molecule has 0 saturated carbocycles. The van der Waals surface area contributed by atoms with Crippen molar-refractivity contribution in [2.24, 2.45) is 0 Å². The molecule has 2 aromatic heterocycles. The molecule has 0 spiro atoms. The van der Waals surface area contributed by atoms with Gasteiger partial charge in [0.25, 0.3) is 0 Å². The van der Waals surface area contributed by atoms with Crippen LogP contribution in [0.5, 0.6) is 0 Å². The number of thiazole rings is 1. The van der Waals surface area contributed by atoms with Crippen molar-refractivity contribution in [2.45, 2.75) is 6.92 Å². The largest absolute Gasteiger partial charge is 0.302 e. The van der Waals surface area contributed by atoms with Crippen molar-refractivity contribution in [3.63, 3.8) is 0 Å². The summed E-state index contributed by atoms with van der Waals surface area (Å²) in [4.78, 5) is 20.1. The van der Waals surface area contributed by atoms with E-state index in [0.29, 0.717) is 5.13 Å².